The molecule has 18 heavy (non-hydrogen) atoms. The Hall–Kier alpha value is -1.71. The first-order valence-electron chi connectivity index (χ1n) is 6.63. The molecule has 0 bridgehead atoms. The predicted molar refractivity (Wildman–Crippen MR) is 74.3 cm³/mol. The van der Waals surface area contributed by atoms with E-state index in [4.69, 9.17) is 11.5 Å². The first-order valence-corrected chi connectivity index (χ1v) is 6.63. The van der Waals surface area contributed by atoms with Crippen LogP contribution in [0.2, 0.25) is 0 Å². The summed E-state index contributed by atoms with van der Waals surface area (Å²) in [7, 11) is 0. The monoisotopic (exact) mass is 247 g/mol. The molecule has 1 aromatic rings. The molecular formula is C14H21N3O. The van der Waals surface area contributed by atoms with E-state index in [1.165, 1.54) is 19.3 Å². The molecule has 98 valence electrons. The molecule has 4 N–H and O–H groups in total. The number of anilines is 2. The fraction of sp³-hybridized carbons (Fsp3) is 0.500. The van der Waals surface area contributed by atoms with Crippen molar-refractivity contribution >= 4 is 17.3 Å². The lowest BCUT2D eigenvalue weighted by Gasteiger charge is -2.25. The molecule has 0 radical (unpaired) electrons. The molecule has 1 fully saturated rings. The lowest BCUT2D eigenvalue weighted by Crippen LogP contribution is -2.34. The van der Waals surface area contributed by atoms with Crippen LogP contribution in [0.1, 0.15) is 42.5 Å². The summed E-state index contributed by atoms with van der Waals surface area (Å²) in [6, 6.07) is 5.11. The quantitative estimate of drug-likeness (QED) is 0.748. The first kappa shape index (κ1) is 12.7. The van der Waals surface area contributed by atoms with Crippen molar-refractivity contribution in [3.63, 3.8) is 0 Å². The van der Waals surface area contributed by atoms with E-state index in [9.17, 15) is 4.79 Å². The van der Waals surface area contributed by atoms with E-state index in [1.54, 1.807) is 18.2 Å². The van der Waals surface area contributed by atoms with Gasteiger partial charge in [-0.05, 0) is 31.0 Å². The van der Waals surface area contributed by atoms with Gasteiger partial charge in [0, 0.05) is 24.5 Å². The van der Waals surface area contributed by atoms with Crippen LogP contribution in [0.15, 0.2) is 18.2 Å². The topological polar surface area (TPSA) is 72.4 Å². The standard InChI is InChI=1S/C14H21N3O/c15-11-6-7-12(13(16)10-11)14(18)17-8-4-2-1-3-5-9-17/h6-7,10H,1-5,8-9,15-16H2. The number of rotatable bonds is 1. The van der Waals surface area contributed by atoms with Crippen LogP contribution in [0.25, 0.3) is 0 Å². The summed E-state index contributed by atoms with van der Waals surface area (Å²) < 4.78 is 0. The van der Waals surface area contributed by atoms with Crippen LogP contribution in [-0.2, 0) is 0 Å². The number of nitrogens with zero attached hydrogens (tertiary/aromatic N) is 1. The Bertz CT molecular complexity index is 423. The predicted octanol–water partition coefficient (Wildman–Crippen LogP) is 2.26. The molecule has 0 spiro atoms. The maximum Gasteiger partial charge on any atom is 0.255 e. The number of carbonyl (C=O) groups is 1. The van der Waals surface area contributed by atoms with E-state index in [0.29, 0.717) is 16.9 Å². The summed E-state index contributed by atoms with van der Waals surface area (Å²) in [5.74, 6) is 0.0365. The Morgan fingerprint density at radius 2 is 1.61 bits per heavy atom. The van der Waals surface area contributed by atoms with Gasteiger partial charge in [0.1, 0.15) is 0 Å². The van der Waals surface area contributed by atoms with Crippen molar-refractivity contribution in [2.75, 3.05) is 24.6 Å². The van der Waals surface area contributed by atoms with Crippen LogP contribution in [0.4, 0.5) is 11.4 Å². The van der Waals surface area contributed by atoms with Gasteiger partial charge in [-0.25, -0.2) is 0 Å². The Morgan fingerprint density at radius 3 is 2.22 bits per heavy atom. The zero-order valence-electron chi connectivity index (χ0n) is 10.7. The number of amides is 1. The maximum atomic E-state index is 12.4. The van der Waals surface area contributed by atoms with Crippen LogP contribution in [0, 0.1) is 0 Å². The number of likely N-dealkylation sites (tertiary alicyclic amines) is 1. The third-order valence-electron chi connectivity index (χ3n) is 3.45. The molecule has 4 heteroatoms. The second-order valence-corrected chi connectivity index (χ2v) is 4.91. The highest BCUT2D eigenvalue weighted by molar-refractivity contribution is 5.99. The molecular weight excluding hydrogens is 226 g/mol. The number of carbonyl (C=O) groups excluding carboxylic acids is 1. The van der Waals surface area contributed by atoms with Crippen molar-refractivity contribution in [2.24, 2.45) is 0 Å². The molecule has 1 saturated heterocycles. The van der Waals surface area contributed by atoms with Crippen LogP contribution >= 0.6 is 0 Å². The van der Waals surface area contributed by atoms with Crippen molar-refractivity contribution in [3.8, 4) is 0 Å². The molecule has 1 aromatic carbocycles. The second-order valence-electron chi connectivity index (χ2n) is 4.91. The van der Waals surface area contributed by atoms with E-state index in [0.717, 1.165) is 25.9 Å². The summed E-state index contributed by atoms with van der Waals surface area (Å²) >= 11 is 0. The van der Waals surface area contributed by atoms with Crippen molar-refractivity contribution in [2.45, 2.75) is 32.1 Å². The largest absolute Gasteiger partial charge is 0.399 e. The zero-order chi connectivity index (χ0) is 13.0. The molecule has 0 aromatic heterocycles. The van der Waals surface area contributed by atoms with Gasteiger partial charge in [0.25, 0.3) is 5.91 Å². The van der Waals surface area contributed by atoms with Crippen LogP contribution in [0.3, 0.4) is 0 Å². The molecule has 4 nitrogen and oxygen atoms in total. The average molecular weight is 247 g/mol. The lowest BCUT2D eigenvalue weighted by molar-refractivity contribution is 0.0743. The Balaban J connectivity index is 2.13. The summed E-state index contributed by atoms with van der Waals surface area (Å²) in [5, 5.41) is 0. The average Bonchev–Trinajstić information content (AvgIpc) is 2.27. The molecule has 2 rings (SSSR count). The molecule has 0 atom stereocenters. The van der Waals surface area contributed by atoms with E-state index in [1.807, 2.05) is 4.90 Å². The molecule has 1 heterocycles. The van der Waals surface area contributed by atoms with Gasteiger partial charge >= 0.3 is 0 Å². The summed E-state index contributed by atoms with van der Waals surface area (Å²) in [6.45, 7) is 1.67. The van der Waals surface area contributed by atoms with E-state index < -0.39 is 0 Å². The molecule has 0 aliphatic carbocycles. The van der Waals surface area contributed by atoms with Gasteiger partial charge < -0.3 is 16.4 Å². The van der Waals surface area contributed by atoms with Gasteiger partial charge in [0.15, 0.2) is 0 Å². The highest BCUT2D eigenvalue weighted by Crippen LogP contribution is 2.19. The Labute approximate surface area is 108 Å². The minimum atomic E-state index is 0.0365. The van der Waals surface area contributed by atoms with Crippen molar-refractivity contribution in [3.05, 3.63) is 23.8 Å². The van der Waals surface area contributed by atoms with Gasteiger partial charge in [-0.15, -0.1) is 0 Å². The maximum absolute atomic E-state index is 12.4. The summed E-state index contributed by atoms with van der Waals surface area (Å²) in [6.07, 6.45) is 5.87. The first-order chi connectivity index (χ1) is 8.68. The van der Waals surface area contributed by atoms with Crippen LogP contribution < -0.4 is 11.5 Å². The number of benzene rings is 1. The molecule has 1 aliphatic rings. The fourth-order valence-corrected chi connectivity index (χ4v) is 2.40. The number of hydrogen-bond acceptors (Lipinski definition) is 3. The third kappa shape index (κ3) is 2.94. The van der Waals surface area contributed by atoms with E-state index >= 15 is 0 Å². The number of nitrogens with two attached hydrogens (primary N) is 2. The molecule has 0 saturated carbocycles. The summed E-state index contributed by atoms with van der Waals surface area (Å²) in [5.41, 5.74) is 13.2. The van der Waals surface area contributed by atoms with Gasteiger partial charge in [-0.2, -0.15) is 0 Å². The smallest absolute Gasteiger partial charge is 0.255 e. The van der Waals surface area contributed by atoms with Gasteiger partial charge in [0.05, 0.1) is 5.56 Å². The lowest BCUT2D eigenvalue weighted by atomic mass is 10.1. The SMILES string of the molecule is Nc1ccc(C(=O)N2CCCCCCC2)c(N)c1. The van der Waals surface area contributed by atoms with Gasteiger partial charge in [-0.1, -0.05) is 19.3 Å². The second kappa shape index (κ2) is 5.76. The highest BCUT2D eigenvalue weighted by atomic mass is 16.2. The fourth-order valence-electron chi connectivity index (χ4n) is 2.40. The Morgan fingerprint density at radius 1 is 1.00 bits per heavy atom. The van der Waals surface area contributed by atoms with Gasteiger partial charge in [-0.3, -0.25) is 4.79 Å². The van der Waals surface area contributed by atoms with E-state index in [2.05, 4.69) is 0 Å². The van der Waals surface area contributed by atoms with Crippen LogP contribution in [-0.4, -0.2) is 23.9 Å². The highest BCUT2D eigenvalue weighted by Gasteiger charge is 2.18. The van der Waals surface area contributed by atoms with Gasteiger partial charge in [0.2, 0.25) is 0 Å². The minimum absolute atomic E-state index is 0.0365. The normalized spacial score (nSPS) is 17.0. The van der Waals surface area contributed by atoms with Crippen molar-refractivity contribution in [1.82, 2.24) is 4.90 Å². The van der Waals surface area contributed by atoms with Crippen molar-refractivity contribution < 1.29 is 4.79 Å². The van der Waals surface area contributed by atoms with Crippen molar-refractivity contribution in [1.29, 1.82) is 0 Å². The Kier molecular flexibility index (Phi) is 4.07. The van der Waals surface area contributed by atoms with E-state index in [-0.39, 0.29) is 5.91 Å². The zero-order valence-corrected chi connectivity index (χ0v) is 10.7. The third-order valence-corrected chi connectivity index (χ3v) is 3.45. The molecule has 1 amide bonds. The van der Waals surface area contributed by atoms with Crippen LogP contribution in [0.5, 0.6) is 0 Å². The molecule has 1 aliphatic heterocycles. The summed E-state index contributed by atoms with van der Waals surface area (Å²) in [4.78, 5) is 14.3. The number of nitrogen functional groups attached to an aromatic ring is 2. The minimum Gasteiger partial charge on any atom is -0.399 e. The molecule has 0 unspecified atom stereocenters. The number of hydrogen-bond donors (Lipinski definition) is 2.